The van der Waals surface area contributed by atoms with Gasteiger partial charge in [0.25, 0.3) is 0 Å². The van der Waals surface area contributed by atoms with E-state index in [4.69, 9.17) is 5.73 Å². The van der Waals surface area contributed by atoms with Crippen LogP contribution in [-0.2, 0) is 4.79 Å². The van der Waals surface area contributed by atoms with Gasteiger partial charge in [0, 0.05) is 25.4 Å². The van der Waals surface area contributed by atoms with Crippen molar-refractivity contribution in [2.45, 2.75) is 33.6 Å². The average molecular weight is 199 g/mol. The van der Waals surface area contributed by atoms with Crippen molar-refractivity contribution in [1.29, 1.82) is 0 Å². The third-order valence-corrected chi connectivity index (χ3v) is 1.80. The highest BCUT2D eigenvalue weighted by Crippen LogP contribution is 1.92. The topological polar surface area (TPSA) is 67.5 Å². The van der Waals surface area contributed by atoms with E-state index in [1.54, 1.807) is 0 Å². The lowest BCUT2D eigenvalue weighted by Gasteiger charge is -2.04. The molecule has 14 heavy (non-hydrogen) atoms. The van der Waals surface area contributed by atoms with Gasteiger partial charge in [-0.05, 0) is 6.42 Å². The number of amides is 1. The van der Waals surface area contributed by atoms with Crippen LogP contribution in [0.3, 0.4) is 0 Å². The molecule has 0 heterocycles. The fourth-order valence-electron chi connectivity index (χ4n) is 0.822. The summed E-state index contributed by atoms with van der Waals surface area (Å²) in [5.74, 6) is 0.925. The molecule has 0 saturated carbocycles. The van der Waals surface area contributed by atoms with Gasteiger partial charge in [-0.25, -0.2) is 0 Å². The first-order valence-corrected chi connectivity index (χ1v) is 5.14. The number of nitrogens with zero attached hydrogens (tertiary/aromatic N) is 1. The van der Waals surface area contributed by atoms with Crippen molar-refractivity contribution in [3.8, 4) is 0 Å². The summed E-state index contributed by atoms with van der Waals surface area (Å²) in [5.41, 5.74) is 5.62. The van der Waals surface area contributed by atoms with Crippen LogP contribution in [0.25, 0.3) is 0 Å². The van der Waals surface area contributed by atoms with Crippen molar-refractivity contribution in [1.82, 2.24) is 5.32 Å². The largest absolute Gasteiger partial charge is 0.387 e. The maximum atomic E-state index is 11.1. The van der Waals surface area contributed by atoms with E-state index in [0.29, 0.717) is 18.8 Å². The molecule has 0 atom stereocenters. The Morgan fingerprint density at radius 2 is 2.14 bits per heavy atom. The molecule has 0 aliphatic carbocycles. The third kappa shape index (κ3) is 6.46. The third-order valence-electron chi connectivity index (χ3n) is 1.80. The minimum Gasteiger partial charge on any atom is -0.387 e. The zero-order valence-corrected chi connectivity index (χ0v) is 9.34. The monoisotopic (exact) mass is 199 g/mol. The van der Waals surface area contributed by atoms with Crippen LogP contribution in [0, 0.1) is 5.92 Å². The number of nitrogens with one attached hydrogen (secondary N) is 1. The Balaban J connectivity index is 3.62. The fourth-order valence-corrected chi connectivity index (χ4v) is 0.822. The first-order chi connectivity index (χ1) is 6.57. The highest BCUT2D eigenvalue weighted by atomic mass is 16.1. The Morgan fingerprint density at radius 3 is 2.64 bits per heavy atom. The number of rotatable bonds is 6. The lowest BCUT2D eigenvalue weighted by atomic mass is 10.2. The smallest absolute Gasteiger partial charge is 0.221 e. The second kappa shape index (κ2) is 7.35. The molecule has 0 aromatic rings. The van der Waals surface area contributed by atoms with Gasteiger partial charge in [-0.1, -0.05) is 20.8 Å². The van der Waals surface area contributed by atoms with Crippen LogP contribution in [0.2, 0.25) is 0 Å². The van der Waals surface area contributed by atoms with Gasteiger partial charge in [-0.2, -0.15) is 0 Å². The maximum absolute atomic E-state index is 11.1. The molecule has 0 aromatic carbocycles. The van der Waals surface area contributed by atoms with Gasteiger partial charge in [0.15, 0.2) is 0 Å². The van der Waals surface area contributed by atoms with Crippen LogP contribution in [0.5, 0.6) is 0 Å². The Kier molecular flexibility index (Phi) is 6.80. The van der Waals surface area contributed by atoms with Gasteiger partial charge < -0.3 is 11.1 Å². The van der Waals surface area contributed by atoms with Crippen molar-refractivity contribution in [2.75, 3.05) is 13.1 Å². The summed E-state index contributed by atoms with van der Waals surface area (Å²) in [5, 5.41) is 2.79. The van der Waals surface area contributed by atoms with Crippen molar-refractivity contribution >= 4 is 11.7 Å². The van der Waals surface area contributed by atoms with E-state index < -0.39 is 0 Å². The highest BCUT2D eigenvalue weighted by Gasteiger charge is 2.00. The fraction of sp³-hybridized carbons (Fsp3) is 0.800. The zero-order valence-electron chi connectivity index (χ0n) is 9.34. The van der Waals surface area contributed by atoms with Gasteiger partial charge in [0.1, 0.15) is 0 Å². The van der Waals surface area contributed by atoms with E-state index in [2.05, 4.69) is 10.3 Å². The quantitative estimate of drug-likeness (QED) is 0.493. The SMILES string of the molecule is CCCNC(=O)CCN=C(N)C(C)C. The molecule has 0 aliphatic heterocycles. The summed E-state index contributed by atoms with van der Waals surface area (Å²) < 4.78 is 0. The molecule has 0 fully saturated rings. The van der Waals surface area contributed by atoms with Crippen molar-refractivity contribution in [3.63, 3.8) is 0 Å². The van der Waals surface area contributed by atoms with E-state index in [1.807, 2.05) is 20.8 Å². The van der Waals surface area contributed by atoms with E-state index in [9.17, 15) is 4.79 Å². The number of nitrogens with two attached hydrogens (primary N) is 1. The van der Waals surface area contributed by atoms with Gasteiger partial charge in [-0.15, -0.1) is 0 Å². The molecule has 4 nitrogen and oxygen atoms in total. The van der Waals surface area contributed by atoms with E-state index >= 15 is 0 Å². The van der Waals surface area contributed by atoms with Crippen LogP contribution < -0.4 is 11.1 Å². The van der Waals surface area contributed by atoms with Gasteiger partial charge in [0.2, 0.25) is 5.91 Å². The molecule has 0 spiro atoms. The predicted molar refractivity (Wildman–Crippen MR) is 59.2 cm³/mol. The average Bonchev–Trinajstić information content (AvgIpc) is 2.14. The zero-order chi connectivity index (χ0) is 11.0. The van der Waals surface area contributed by atoms with E-state index in [0.717, 1.165) is 13.0 Å². The molecule has 4 heteroatoms. The van der Waals surface area contributed by atoms with Crippen LogP contribution in [0.4, 0.5) is 0 Å². The first-order valence-electron chi connectivity index (χ1n) is 5.14. The molecular formula is C10H21N3O. The summed E-state index contributed by atoms with van der Waals surface area (Å²) in [7, 11) is 0. The summed E-state index contributed by atoms with van der Waals surface area (Å²) in [6.45, 7) is 7.21. The molecule has 0 aliphatic rings. The molecule has 0 aromatic heterocycles. The molecule has 3 N–H and O–H groups in total. The van der Waals surface area contributed by atoms with Gasteiger partial charge in [0.05, 0.1) is 5.84 Å². The van der Waals surface area contributed by atoms with Crippen molar-refractivity contribution in [3.05, 3.63) is 0 Å². The number of aliphatic imine (C=N–C) groups is 1. The van der Waals surface area contributed by atoms with Gasteiger partial charge in [-0.3, -0.25) is 9.79 Å². The molecule has 0 rings (SSSR count). The van der Waals surface area contributed by atoms with Crippen LogP contribution >= 0.6 is 0 Å². The molecule has 0 saturated heterocycles. The van der Waals surface area contributed by atoms with E-state index in [1.165, 1.54) is 0 Å². The minimum atomic E-state index is 0.0483. The van der Waals surface area contributed by atoms with Crippen molar-refractivity contribution < 1.29 is 4.79 Å². The number of hydrogen-bond donors (Lipinski definition) is 2. The Bertz CT molecular complexity index is 200. The Labute approximate surface area is 86.0 Å². The second-order valence-corrected chi connectivity index (χ2v) is 3.56. The second-order valence-electron chi connectivity index (χ2n) is 3.56. The summed E-state index contributed by atoms with van der Waals surface area (Å²) >= 11 is 0. The summed E-state index contributed by atoms with van der Waals surface area (Å²) in [6.07, 6.45) is 1.39. The van der Waals surface area contributed by atoms with Crippen LogP contribution in [-0.4, -0.2) is 24.8 Å². The Morgan fingerprint density at radius 1 is 1.50 bits per heavy atom. The lowest BCUT2D eigenvalue weighted by Crippen LogP contribution is -2.25. The number of amidine groups is 1. The molecule has 0 radical (unpaired) electrons. The number of hydrogen-bond acceptors (Lipinski definition) is 2. The molecule has 1 amide bonds. The number of carbonyl (C=O) groups is 1. The predicted octanol–water partition coefficient (Wildman–Crippen LogP) is 0.916. The van der Waals surface area contributed by atoms with Gasteiger partial charge >= 0.3 is 0 Å². The minimum absolute atomic E-state index is 0.0483. The first kappa shape index (κ1) is 12.9. The molecule has 0 bridgehead atoms. The molecule has 0 unspecified atom stereocenters. The maximum Gasteiger partial charge on any atom is 0.221 e. The summed E-state index contributed by atoms with van der Waals surface area (Å²) in [6, 6.07) is 0. The van der Waals surface area contributed by atoms with Crippen LogP contribution in [0.15, 0.2) is 4.99 Å². The summed E-state index contributed by atoms with van der Waals surface area (Å²) in [4.78, 5) is 15.2. The number of carbonyl (C=O) groups excluding carboxylic acids is 1. The normalized spacial score (nSPS) is 11.9. The van der Waals surface area contributed by atoms with Crippen LogP contribution in [0.1, 0.15) is 33.6 Å². The standard InChI is InChI=1S/C10H21N3O/c1-4-6-12-9(14)5-7-13-10(11)8(2)3/h8H,4-7H2,1-3H3,(H2,11,13)(H,12,14). The molecule has 82 valence electrons. The Hall–Kier alpha value is -1.06. The molecular weight excluding hydrogens is 178 g/mol. The van der Waals surface area contributed by atoms with E-state index in [-0.39, 0.29) is 11.8 Å². The van der Waals surface area contributed by atoms with Crippen molar-refractivity contribution in [2.24, 2.45) is 16.6 Å². The lowest BCUT2D eigenvalue weighted by molar-refractivity contribution is -0.120. The highest BCUT2D eigenvalue weighted by molar-refractivity contribution is 5.82.